The second-order valence-corrected chi connectivity index (χ2v) is 5.38. The highest BCUT2D eigenvalue weighted by Crippen LogP contribution is 2.13. The van der Waals surface area contributed by atoms with E-state index in [1.807, 2.05) is 0 Å². The Morgan fingerprint density at radius 2 is 1.62 bits per heavy atom. The standard InChI is InChI=1S/C16H26BFO3/c1-2-3-4-5-6-7-8-9-12-21-14-10-11-15(17(19)20)16(18)13-14/h10-11,13,19-20H,2-9,12H2,1H3. The molecular formula is C16H26BFO3. The Morgan fingerprint density at radius 3 is 2.19 bits per heavy atom. The summed E-state index contributed by atoms with van der Waals surface area (Å²) in [6, 6.07) is 4.09. The minimum atomic E-state index is -1.79. The van der Waals surface area contributed by atoms with Crippen LogP contribution in [0.2, 0.25) is 0 Å². The average molecular weight is 296 g/mol. The van der Waals surface area contributed by atoms with Crippen molar-refractivity contribution in [1.29, 1.82) is 0 Å². The van der Waals surface area contributed by atoms with Gasteiger partial charge in [0.1, 0.15) is 11.6 Å². The molecule has 0 saturated carbocycles. The zero-order chi connectivity index (χ0) is 15.5. The molecule has 0 fully saturated rings. The van der Waals surface area contributed by atoms with Crippen molar-refractivity contribution in [1.82, 2.24) is 0 Å². The van der Waals surface area contributed by atoms with Gasteiger partial charge >= 0.3 is 7.12 Å². The van der Waals surface area contributed by atoms with Gasteiger partial charge in [-0.15, -0.1) is 0 Å². The molecule has 1 rings (SSSR count). The third-order valence-corrected chi connectivity index (χ3v) is 3.52. The zero-order valence-corrected chi connectivity index (χ0v) is 12.9. The monoisotopic (exact) mass is 296 g/mol. The number of unbranched alkanes of at least 4 members (excludes halogenated alkanes) is 7. The number of rotatable bonds is 11. The lowest BCUT2D eigenvalue weighted by Gasteiger charge is -2.08. The maximum absolute atomic E-state index is 13.5. The normalized spacial score (nSPS) is 10.7. The summed E-state index contributed by atoms with van der Waals surface area (Å²) < 4.78 is 18.9. The van der Waals surface area contributed by atoms with Crippen molar-refractivity contribution >= 4 is 12.6 Å². The molecule has 0 aliphatic carbocycles. The van der Waals surface area contributed by atoms with E-state index in [0.29, 0.717) is 12.4 Å². The van der Waals surface area contributed by atoms with Crippen LogP contribution < -0.4 is 10.2 Å². The molecule has 2 N–H and O–H groups in total. The maximum atomic E-state index is 13.5. The van der Waals surface area contributed by atoms with E-state index in [1.54, 1.807) is 6.07 Å². The van der Waals surface area contributed by atoms with Crippen molar-refractivity contribution in [3.63, 3.8) is 0 Å². The molecule has 0 saturated heterocycles. The second kappa shape index (κ2) is 10.6. The van der Waals surface area contributed by atoms with Crippen molar-refractivity contribution in [2.24, 2.45) is 0 Å². The van der Waals surface area contributed by atoms with Crippen molar-refractivity contribution in [2.45, 2.75) is 58.3 Å². The van der Waals surface area contributed by atoms with E-state index in [9.17, 15) is 4.39 Å². The first kappa shape index (κ1) is 18.0. The van der Waals surface area contributed by atoms with Gasteiger partial charge in [0.25, 0.3) is 0 Å². The summed E-state index contributed by atoms with van der Waals surface area (Å²) >= 11 is 0. The van der Waals surface area contributed by atoms with Crippen LogP contribution in [0.4, 0.5) is 4.39 Å². The largest absolute Gasteiger partial charge is 0.493 e. The van der Waals surface area contributed by atoms with E-state index in [4.69, 9.17) is 14.8 Å². The van der Waals surface area contributed by atoms with Crippen LogP contribution in [0.15, 0.2) is 18.2 Å². The molecule has 0 heterocycles. The molecule has 5 heteroatoms. The van der Waals surface area contributed by atoms with E-state index in [2.05, 4.69) is 6.92 Å². The minimum Gasteiger partial charge on any atom is -0.493 e. The van der Waals surface area contributed by atoms with Crippen molar-refractivity contribution < 1.29 is 19.2 Å². The molecule has 3 nitrogen and oxygen atoms in total. The molecule has 118 valence electrons. The summed E-state index contributed by atoms with van der Waals surface area (Å²) in [4.78, 5) is 0. The Morgan fingerprint density at radius 1 is 1.00 bits per heavy atom. The second-order valence-electron chi connectivity index (χ2n) is 5.38. The van der Waals surface area contributed by atoms with Gasteiger partial charge in [0, 0.05) is 11.5 Å². The third-order valence-electron chi connectivity index (χ3n) is 3.52. The fourth-order valence-corrected chi connectivity index (χ4v) is 2.23. The van der Waals surface area contributed by atoms with E-state index in [1.165, 1.54) is 50.7 Å². The van der Waals surface area contributed by atoms with E-state index >= 15 is 0 Å². The first-order valence-corrected chi connectivity index (χ1v) is 7.93. The first-order valence-electron chi connectivity index (χ1n) is 7.93. The summed E-state index contributed by atoms with van der Waals surface area (Å²) in [5, 5.41) is 17.8. The SMILES string of the molecule is CCCCCCCCCCOc1ccc(B(O)O)c(F)c1. The lowest BCUT2D eigenvalue weighted by atomic mass is 9.80. The van der Waals surface area contributed by atoms with E-state index in [0.717, 1.165) is 12.8 Å². The molecule has 0 aliphatic heterocycles. The van der Waals surface area contributed by atoms with Crippen LogP contribution in [0.1, 0.15) is 58.3 Å². The van der Waals surface area contributed by atoms with Crippen LogP contribution in [0.5, 0.6) is 5.75 Å². The lowest BCUT2D eigenvalue weighted by molar-refractivity contribution is 0.303. The van der Waals surface area contributed by atoms with Gasteiger partial charge in [-0.25, -0.2) is 4.39 Å². The molecule has 1 aromatic carbocycles. The summed E-state index contributed by atoms with van der Waals surface area (Å²) in [5.74, 6) is -0.224. The van der Waals surface area contributed by atoms with Crippen LogP contribution in [0, 0.1) is 5.82 Å². The molecule has 1 aromatic rings. The fraction of sp³-hybridized carbons (Fsp3) is 0.625. The van der Waals surface area contributed by atoms with Gasteiger partial charge in [-0.05, 0) is 12.5 Å². The summed E-state index contributed by atoms with van der Waals surface area (Å²) in [6.45, 7) is 2.78. The molecular weight excluding hydrogens is 270 g/mol. The Bertz CT molecular complexity index is 399. The van der Waals surface area contributed by atoms with Crippen LogP contribution in [-0.2, 0) is 0 Å². The van der Waals surface area contributed by atoms with Crippen LogP contribution >= 0.6 is 0 Å². The summed E-state index contributed by atoms with van der Waals surface area (Å²) in [7, 11) is -1.79. The molecule has 0 unspecified atom stereocenters. The molecule has 0 bridgehead atoms. The number of hydrogen-bond donors (Lipinski definition) is 2. The predicted molar refractivity (Wildman–Crippen MR) is 84.3 cm³/mol. The van der Waals surface area contributed by atoms with Crippen LogP contribution in [0.25, 0.3) is 0 Å². The third kappa shape index (κ3) is 7.49. The smallest absolute Gasteiger partial charge is 0.491 e. The van der Waals surface area contributed by atoms with Gasteiger partial charge in [-0.1, -0.05) is 57.9 Å². The average Bonchev–Trinajstić information content (AvgIpc) is 2.45. The highest BCUT2D eigenvalue weighted by atomic mass is 19.1. The van der Waals surface area contributed by atoms with Crippen LogP contribution in [0.3, 0.4) is 0 Å². The van der Waals surface area contributed by atoms with E-state index < -0.39 is 12.9 Å². The van der Waals surface area contributed by atoms with Crippen molar-refractivity contribution in [3.8, 4) is 5.75 Å². The minimum absolute atomic E-state index is 0.130. The number of ether oxygens (including phenoxy) is 1. The molecule has 0 atom stereocenters. The molecule has 0 radical (unpaired) electrons. The number of halogens is 1. The summed E-state index contributed by atoms with van der Waals surface area (Å²) in [6.07, 6.45) is 9.82. The highest BCUT2D eigenvalue weighted by Gasteiger charge is 2.16. The summed E-state index contributed by atoms with van der Waals surface area (Å²) in [5.41, 5.74) is -0.130. The van der Waals surface area contributed by atoms with Crippen molar-refractivity contribution in [3.05, 3.63) is 24.0 Å². The quantitative estimate of drug-likeness (QED) is 0.487. The van der Waals surface area contributed by atoms with E-state index in [-0.39, 0.29) is 5.46 Å². The van der Waals surface area contributed by atoms with Gasteiger partial charge in [-0.2, -0.15) is 0 Å². The first-order chi connectivity index (χ1) is 10.1. The number of hydrogen-bond acceptors (Lipinski definition) is 3. The number of benzene rings is 1. The zero-order valence-electron chi connectivity index (χ0n) is 12.9. The lowest BCUT2D eigenvalue weighted by Crippen LogP contribution is -2.32. The molecule has 0 amide bonds. The highest BCUT2D eigenvalue weighted by molar-refractivity contribution is 6.58. The van der Waals surface area contributed by atoms with Gasteiger partial charge in [-0.3, -0.25) is 0 Å². The van der Waals surface area contributed by atoms with Crippen molar-refractivity contribution in [2.75, 3.05) is 6.61 Å². The molecule has 0 aliphatic rings. The van der Waals surface area contributed by atoms with Gasteiger partial charge in [0.05, 0.1) is 6.61 Å². The Hall–Kier alpha value is -1.07. The molecule has 0 aromatic heterocycles. The van der Waals surface area contributed by atoms with Gasteiger partial charge in [0.2, 0.25) is 0 Å². The van der Waals surface area contributed by atoms with Gasteiger partial charge < -0.3 is 14.8 Å². The Kier molecular flexibility index (Phi) is 9.11. The molecule has 0 spiro atoms. The molecule has 21 heavy (non-hydrogen) atoms. The van der Waals surface area contributed by atoms with Gasteiger partial charge in [0.15, 0.2) is 0 Å². The predicted octanol–water partition coefficient (Wildman–Crippen LogP) is 3.03. The Balaban J connectivity index is 2.11. The Labute approximate surface area is 127 Å². The maximum Gasteiger partial charge on any atom is 0.491 e. The van der Waals surface area contributed by atoms with Crippen LogP contribution in [-0.4, -0.2) is 23.8 Å². The topological polar surface area (TPSA) is 49.7 Å². The fourth-order valence-electron chi connectivity index (χ4n) is 2.23.